The molecule has 1 N–H and O–H groups in total. The molecule has 2 saturated heterocycles. The van der Waals surface area contributed by atoms with Crippen LogP contribution in [0.2, 0.25) is 0 Å². The molecule has 31 heavy (non-hydrogen) atoms. The maximum atomic E-state index is 14.0. The zero-order chi connectivity index (χ0) is 22.7. The lowest BCUT2D eigenvalue weighted by Gasteiger charge is -2.40. The van der Waals surface area contributed by atoms with Crippen molar-refractivity contribution < 1.29 is 19.5 Å². The van der Waals surface area contributed by atoms with Crippen LogP contribution < -0.4 is 0 Å². The number of amides is 3. The van der Waals surface area contributed by atoms with Crippen molar-refractivity contribution in [2.45, 2.75) is 55.8 Å². The maximum absolute atomic E-state index is 14.0. The van der Waals surface area contributed by atoms with Crippen molar-refractivity contribution in [3.8, 4) is 0 Å². The predicted octanol–water partition coefficient (Wildman–Crippen LogP) is 1.14. The molecule has 4 aliphatic rings. The Morgan fingerprint density at radius 3 is 2.42 bits per heavy atom. The SMILES string of the molecule is CC(C)[C@H](CO)N1C(=O)[C@@H]2[C@@H]3C(=O)N(C)CC=C[C@@H]3S[C@@]23C=CCN(C(C)C)C(=O)C13. The number of likely N-dealkylation sites (tertiary alicyclic amines) is 1. The fraction of sp³-hybridized carbons (Fsp3) is 0.696. The molecule has 0 aromatic heterocycles. The third-order valence-corrected chi connectivity index (χ3v) is 9.01. The molecule has 1 spiro atoms. The van der Waals surface area contributed by atoms with Crippen molar-refractivity contribution in [2.75, 3.05) is 26.7 Å². The van der Waals surface area contributed by atoms with Crippen LogP contribution in [0, 0.1) is 17.8 Å². The summed E-state index contributed by atoms with van der Waals surface area (Å²) in [6.07, 6.45) is 8.03. The van der Waals surface area contributed by atoms with Crippen LogP contribution >= 0.6 is 11.8 Å². The molecule has 4 aliphatic heterocycles. The predicted molar refractivity (Wildman–Crippen MR) is 120 cm³/mol. The van der Waals surface area contributed by atoms with Gasteiger partial charge in [0.15, 0.2) is 0 Å². The van der Waals surface area contributed by atoms with Gasteiger partial charge in [-0.25, -0.2) is 0 Å². The molecule has 1 unspecified atom stereocenters. The van der Waals surface area contributed by atoms with Crippen LogP contribution in [0.3, 0.4) is 0 Å². The smallest absolute Gasteiger partial charge is 0.247 e. The van der Waals surface area contributed by atoms with E-state index in [4.69, 9.17) is 0 Å². The van der Waals surface area contributed by atoms with Crippen molar-refractivity contribution >= 4 is 29.5 Å². The number of hydrogen-bond donors (Lipinski definition) is 1. The number of hydrogen-bond acceptors (Lipinski definition) is 5. The topological polar surface area (TPSA) is 81.2 Å². The molecule has 6 atom stereocenters. The lowest BCUT2D eigenvalue weighted by Crippen LogP contribution is -2.58. The molecular weight excluding hydrogens is 414 g/mol. The van der Waals surface area contributed by atoms with Crippen molar-refractivity contribution in [2.24, 2.45) is 17.8 Å². The molecule has 0 aromatic carbocycles. The van der Waals surface area contributed by atoms with Crippen LogP contribution in [-0.2, 0) is 14.4 Å². The Balaban J connectivity index is 1.90. The van der Waals surface area contributed by atoms with Gasteiger partial charge in [-0.2, -0.15) is 0 Å². The van der Waals surface area contributed by atoms with Crippen LogP contribution in [0.15, 0.2) is 24.3 Å². The number of rotatable bonds is 4. The molecule has 0 saturated carbocycles. The van der Waals surface area contributed by atoms with Crippen LogP contribution in [0.5, 0.6) is 0 Å². The zero-order valence-electron chi connectivity index (χ0n) is 18.9. The first-order chi connectivity index (χ1) is 14.7. The van der Waals surface area contributed by atoms with Crippen molar-refractivity contribution in [3.63, 3.8) is 0 Å². The normalized spacial score (nSPS) is 36.1. The Morgan fingerprint density at radius 2 is 1.81 bits per heavy atom. The number of nitrogens with zero attached hydrogens (tertiary/aromatic N) is 3. The largest absolute Gasteiger partial charge is 0.394 e. The number of carbonyl (C=O) groups excluding carboxylic acids is 3. The summed E-state index contributed by atoms with van der Waals surface area (Å²) in [5.74, 6) is -1.48. The van der Waals surface area contributed by atoms with E-state index in [1.807, 2.05) is 52.0 Å². The monoisotopic (exact) mass is 447 g/mol. The van der Waals surface area contributed by atoms with Crippen LogP contribution in [0.4, 0.5) is 0 Å². The number of aliphatic hydroxyl groups is 1. The van der Waals surface area contributed by atoms with E-state index in [0.29, 0.717) is 13.1 Å². The van der Waals surface area contributed by atoms with Gasteiger partial charge in [0.1, 0.15) is 6.04 Å². The Bertz CT molecular complexity index is 841. The average molecular weight is 448 g/mol. The van der Waals surface area contributed by atoms with Crippen molar-refractivity contribution in [1.82, 2.24) is 14.7 Å². The first-order valence-corrected chi connectivity index (χ1v) is 12.0. The second-order valence-electron chi connectivity index (χ2n) is 9.72. The lowest BCUT2D eigenvalue weighted by molar-refractivity contribution is -0.148. The summed E-state index contributed by atoms with van der Waals surface area (Å²) >= 11 is 1.58. The van der Waals surface area contributed by atoms with Gasteiger partial charge < -0.3 is 19.8 Å². The molecule has 0 bridgehead atoms. The highest BCUT2D eigenvalue weighted by Crippen LogP contribution is 2.61. The minimum atomic E-state index is -0.812. The van der Waals surface area contributed by atoms with Crippen molar-refractivity contribution in [1.29, 1.82) is 0 Å². The second kappa shape index (κ2) is 7.96. The summed E-state index contributed by atoms with van der Waals surface area (Å²) in [5, 5.41) is 10.1. The highest BCUT2D eigenvalue weighted by molar-refractivity contribution is 8.02. The van der Waals surface area contributed by atoms with E-state index in [9.17, 15) is 19.5 Å². The molecule has 0 aliphatic carbocycles. The molecule has 0 aromatic rings. The Hall–Kier alpha value is -1.80. The van der Waals surface area contributed by atoms with E-state index in [1.54, 1.807) is 33.5 Å². The number of fused-ring (bicyclic) bond motifs is 2. The summed E-state index contributed by atoms with van der Waals surface area (Å²) in [6, 6.07) is -1.22. The molecule has 7 nitrogen and oxygen atoms in total. The van der Waals surface area contributed by atoms with Gasteiger partial charge in [-0.3, -0.25) is 14.4 Å². The van der Waals surface area contributed by atoms with Crippen LogP contribution in [0.1, 0.15) is 27.7 Å². The maximum Gasteiger partial charge on any atom is 0.247 e. The van der Waals surface area contributed by atoms with Crippen LogP contribution in [-0.4, -0.2) is 92.4 Å². The first kappa shape index (κ1) is 22.4. The summed E-state index contributed by atoms with van der Waals surface area (Å²) in [4.78, 5) is 46.4. The van der Waals surface area contributed by atoms with Gasteiger partial charge in [0.2, 0.25) is 17.7 Å². The third-order valence-electron chi connectivity index (χ3n) is 7.27. The van der Waals surface area contributed by atoms with Crippen molar-refractivity contribution in [3.05, 3.63) is 24.3 Å². The molecule has 4 rings (SSSR count). The van der Waals surface area contributed by atoms with E-state index >= 15 is 0 Å². The zero-order valence-corrected chi connectivity index (χ0v) is 19.7. The minimum Gasteiger partial charge on any atom is -0.394 e. The molecule has 8 heteroatoms. The Morgan fingerprint density at radius 1 is 1.10 bits per heavy atom. The van der Waals surface area contributed by atoms with Gasteiger partial charge in [-0.1, -0.05) is 38.2 Å². The van der Waals surface area contributed by atoms with Gasteiger partial charge >= 0.3 is 0 Å². The second-order valence-corrected chi connectivity index (χ2v) is 11.2. The molecular formula is C23H33N3O4S. The van der Waals surface area contributed by atoms with E-state index < -0.39 is 28.7 Å². The van der Waals surface area contributed by atoms with E-state index in [1.165, 1.54) is 0 Å². The quantitative estimate of drug-likeness (QED) is 0.654. The number of thioether (sulfide) groups is 1. The summed E-state index contributed by atoms with van der Waals surface area (Å²) < 4.78 is -0.812. The van der Waals surface area contributed by atoms with Gasteiger partial charge in [0.25, 0.3) is 0 Å². The number of likely N-dealkylation sites (N-methyl/N-ethyl adjacent to an activating group) is 1. The Kier molecular flexibility index (Phi) is 5.75. The minimum absolute atomic E-state index is 0.0144. The van der Waals surface area contributed by atoms with Gasteiger partial charge in [0, 0.05) is 31.4 Å². The van der Waals surface area contributed by atoms with Crippen LogP contribution in [0.25, 0.3) is 0 Å². The fourth-order valence-electron chi connectivity index (χ4n) is 5.66. The van der Waals surface area contributed by atoms with Gasteiger partial charge in [-0.15, -0.1) is 11.8 Å². The highest BCUT2D eigenvalue weighted by atomic mass is 32.2. The summed E-state index contributed by atoms with van der Waals surface area (Å²) in [7, 11) is 1.76. The molecule has 2 fully saturated rings. The van der Waals surface area contributed by atoms with E-state index in [2.05, 4.69) is 0 Å². The average Bonchev–Trinajstić information content (AvgIpc) is 3.02. The molecule has 3 amide bonds. The third kappa shape index (κ3) is 3.17. The standard InChI is InChI=1S/C23H33N3O4S/c1-13(2)15(12-27)26-19-22(30)25(14(3)4)11-7-9-23(19)18(21(26)29)17-16(31-23)8-6-10-24(5)20(17)28/h6-9,13-19,27H,10-12H2,1-5H3/t15-,16-,17+,18-,19?,23-/m0/s1. The first-order valence-electron chi connectivity index (χ1n) is 11.2. The Labute approximate surface area is 188 Å². The molecule has 4 heterocycles. The molecule has 0 radical (unpaired) electrons. The van der Waals surface area contributed by atoms with E-state index in [0.717, 1.165) is 0 Å². The van der Waals surface area contributed by atoms with Gasteiger partial charge in [0.05, 0.1) is 29.2 Å². The molecule has 170 valence electrons. The van der Waals surface area contributed by atoms with E-state index in [-0.39, 0.29) is 41.5 Å². The number of carbonyl (C=O) groups is 3. The summed E-state index contributed by atoms with van der Waals surface area (Å²) in [6.45, 7) is 8.64. The highest BCUT2D eigenvalue weighted by Gasteiger charge is 2.71. The lowest BCUT2D eigenvalue weighted by atomic mass is 9.78. The number of aliphatic hydroxyl groups excluding tert-OH is 1. The van der Waals surface area contributed by atoms with Gasteiger partial charge in [-0.05, 0) is 19.8 Å². The summed E-state index contributed by atoms with van der Waals surface area (Å²) in [5.41, 5.74) is 0. The fourth-order valence-corrected chi connectivity index (χ4v) is 7.66.